The van der Waals surface area contributed by atoms with Gasteiger partial charge in [-0.25, -0.2) is 4.98 Å². The summed E-state index contributed by atoms with van der Waals surface area (Å²) in [7, 11) is 0. The zero-order valence-electron chi connectivity index (χ0n) is 17.9. The highest BCUT2D eigenvalue weighted by Crippen LogP contribution is 2.30. The second-order valence-electron chi connectivity index (χ2n) is 7.76. The van der Waals surface area contributed by atoms with E-state index in [9.17, 15) is 9.59 Å². The molecule has 2 N–H and O–H groups in total. The molecule has 0 saturated carbocycles. The van der Waals surface area contributed by atoms with E-state index in [1.165, 1.54) is 6.08 Å². The number of aromatic amines is 1. The zero-order valence-corrected chi connectivity index (χ0v) is 17.9. The average molecular weight is 445 g/mol. The highest BCUT2D eigenvalue weighted by atomic mass is 16.5. The molecule has 1 aliphatic rings. The summed E-state index contributed by atoms with van der Waals surface area (Å²) in [6.07, 6.45) is 6.43. The van der Waals surface area contributed by atoms with E-state index in [2.05, 4.69) is 32.1 Å². The van der Waals surface area contributed by atoms with Gasteiger partial charge in [-0.05, 0) is 35.9 Å². The van der Waals surface area contributed by atoms with Crippen LogP contribution < -0.4 is 5.32 Å². The summed E-state index contributed by atoms with van der Waals surface area (Å²) in [4.78, 5) is 33.7. The minimum atomic E-state index is -0.678. The van der Waals surface area contributed by atoms with E-state index in [0.29, 0.717) is 26.1 Å². The maximum absolute atomic E-state index is 12.5. The summed E-state index contributed by atoms with van der Waals surface area (Å²) in [5.74, 6) is -0.426. The number of ether oxygens (including phenoxy) is 1. The second kappa shape index (κ2) is 8.83. The SMILES string of the molecule is C=CC(=O)N1CCO[C@H](C(=O)NCCc2cc3c(-c4cnn5ncccc45)ccnc3[nH]2)C1. The quantitative estimate of drug-likeness (QED) is 0.433. The van der Waals surface area contributed by atoms with Gasteiger partial charge in [0.1, 0.15) is 5.65 Å². The van der Waals surface area contributed by atoms with Crippen LogP contribution in [0.1, 0.15) is 5.69 Å². The highest BCUT2D eigenvalue weighted by Gasteiger charge is 2.28. The number of aromatic nitrogens is 5. The predicted octanol–water partition coefficient (Wildman–Crippen LogP) is 1.34. The summed E-state index contributed by atoms with van der Waals surface area (Å²) >= 11 is 0. The fourth-order valence-corrected chi connectivity index (χ4v) is 4.06. The lowest BCUT2D eigenvalue weighted by Gasteiger charge is -2.31. The molecule has 1 atom stereocenters. The molecule has 5 rings (SSSR count). The summed E-state index contributed by atoms with van der Waals surface area (Å²) in [6.45, 7) is 4.94. The average Bonchev–Trinajstić information content (AvgIpc) is 3.47. The molecule has 0 bridgehead atoms. The Kier molecular flexibility index (Phi) is 5.57. The Morgan fingerprint density at radius 1 is 1.27 bits per heavy atom. The van der Waals surface area contributed by atoms with E-state index in [4.69, 9.17) is 4.74 Å². The molecule has 1 aliphatic heterocycles. The van der Waals surface area contributed by atoms with E-state index in [-0.39, 0.29) is 18.4 Å². The standard InChI is InChI=1S/C23H23N7O3/c1-2-21(31)29-10-11-33-20(14-29)23(32)25-8-5-15-12-17-16(6-9-24-22(17)28-15)18-13-27-30-19(18)4-3-7-26-30/h2-4,6-7,9,12-13,20H,1,5,8,10-11,14H2,(H,24,28)(H,25,32)/t20-/m0/s1. The Hall–Kier alpha value is -4.05. The number of hydrogen-bond acceptors (Lipinski definition) is 6. The molecular weight excluding hydrogens is 422 g/mol. The van der Waals surface area contributed by atoms with Crippen molar-refractivity contribution in [1.29, 1.82) is 0 Å². The Morgan fingerprint density at radius 3 is 3.06 bits per heavy atom. The number of amides is 2. The van der Waals surface area contributed by atoms with Crippen molar-refractivity contribution in [3.8, 4) is 11.1 Å². The molecule has 0 spiro atoms. The Bertz CT molecular complexity index is 1340. The molecule has 0 aliphatic carbocycles. The Balaban J connectivity index is 1.27. The molecule has 0 unspecified atom stereocenters. The minimum Gasteiger partial charge on any atom is -0.365 e. The normalized spacial score (nSPS) is 16.2. The van der Waals surface area contributed by atoms with Gasteiger partial charge in [-0.15, -0.1) is 0 Å². The van der Waals surface area contributed by atoms with Crippen molar-refractivity contribution in [2.75, 3.05) is 26.2 Å². The van der Waals surface area contributed by atoms with Gasteiger partial charge in [0.25, 0.3) is 5.91 Å². The molecular formula is C23H23N7O3. The van der Waals surface area contributed by atoms with Crippen molar-refractivity contribution >= 4 is 28.4 Å². The molecule has 1 fully saturated rings. The van der Waals surface area contributed by atoms with E-state index < -0.39 is 6.10 Å². The predicted molar refractivity (Wildman–Crippen MR) is 121 cm³/mol. The first-order chi connectivity index (χ1) is 16.1. The van der Waals surface area contributed by atoms with Crippen LogP contribution in [-0.2, 0) is 20.7 Å². The maximum Gasteiger partial charge on any atom is 0.251 e. The summed E-state index contributed by atoms with van der Waals surface area (Å²) in [6, 6.07) is 7.86. The first kappa shape index (κ1) is 20.8. The van der Waals surface area contributed by atoms with Gasteiger partial charge in [-0.2, -0.15) is 14.8 Å². The van der Waals surface area contributed by atoms with Crippen LogP contribution in [0.2, 0.25) is 0 Å². The van der Waals surface area contributed by atoms with Crippen molar-refractivity contribution in [1.82, 2.24) is 35.0 Å². The fraction of sp³-hybridized carbons (Fsp3) is 0.261. The van der Waals surface area contributed by atoms with Crippen LogP contribution in [0.25, 0.3) is 27.7 Å². The number of carbonyl (C=O) groups is 2. The van der Waals surface area contributed by atoms with E-state index in [1.54, 1.807) is 28.1 Å². The maximum atomic E-state index is 12.5. The van der Waals surface area contributed by atoms with Gasteiger partial charge in [-0.3, -0.25) is 9.59 Å². The van der Waals surface area contributed by atoms with Gasteiger partial charge < -0.3 is 19.9 Å². The van der Waals surface area contributed by atoms with E-state index >= 15 is 0 Å². The first-order valence-electron chi connectivity index (χ1n) is 10.7. The Labute approximate surface area is 189 Å². The number of pyridine rings is 1. The molecule has 33 heavy (non-hydrogen) atoms. The van der Waals surface area contributed by atoms with Crippen LogP contribution >= 0.6 is 0 Å². The molecule has 10 heteroatoms. The lowest BCUT2D eigenvalue weighted by molar-refractivity contribution is -0.144. The molecule has 0 radical (unpaired) electrons. The number of fused-ring (bicyclic) bond motifs is 2. The van der Waals surface area contributed by atoms with Crippen molar-refractivity contribution < 1.29 is 14.3 Å². The van der Waals surface area contributed by atoms with Crippen LogP contribution in [0.4, 0.5) is 0 Å². The second-order valence-corrected chi connectivity index (χ2v) is 7.76. The molecule has 4 aromatic heterocycles. The monoisotopic (exact) mass is 445 g/mol. The van der Waals surface area contributed by atoms with Crippen LogP contribution in [0, 0.1) is 0 Å². The molecule has 4 aromatic rings. The van der Waals surface area contributed by atoms with Crippen LogP contribution in [0.5, 0.6) is 0 Å². The minimum absolute atomic E-state index is 0.195. The number of morpholine rings is 1. The lowest BCUT2D eigenvalue weighted by Crippen LogP contribution is -2.51. The molecule has 1 saturated heterocycles. The van der Waals surface area contributed by atoms with Gasteiger partial charge in [0.05, 0.1) is 24.9 Å². The highest BCUT2D eigenvalue weighted by molar-refractivity contribution is 5.97. The van der Waals surface area contributed by atoms with E-state index in [1.807, 2.05) is 24.3 Å². The van der Waals surface area contributed by atoms with Gasteiger partial charge in [-0.1, -0.05) is 6.58 Å². The van der Waals surface area contributed by atoms with Crippen LogP contribution in [0.3, 0.4) is 0 Å². The van der Waals surface area contributed by atoms with Crippen molar-refractivity contribution in [3.63, 3.8) is 0 Å². The topological polar surface area (TPSA) is 118 Å². The van der Waals surface area contributed by atoms with Crippen molar-refractivity contribution in [3.05, 3.63) is 61.2 Å². The third-order valence-electron chi connectivity index (χ3n) is 5.72. The molecule has 5 heterocycles. The molecule has 168 valence electrons. The number of nitrogens with one attached hydrogen (secondary N) is 2. The Morgan fingerprint density at radius 2 is 2.18 bits per heavy atom. The van der Waals surface area contributed by atoms with Gasteiger partial charge in [0.2, 0.25) is 5.91 Å². The largest absolute Gasteiger partial charge is 0.365 e. The zero-order chi connectivity index (χ0) is 22.8. The van der Waals surface area contributed by atoms with E-state index in [0.717, 1.165) is 33.4 Å². The lowest BCUT2D eigenvalue weighted by atomic mass is 10.1. The van der Waals surface area contributed by atoms with Crippen molar-refractivity contribution in [2.45, 2.75) is 12.5 Å². The first-order valence-corrected chi connectivity index (χ1v) is 10.7. The fourth-order valence-electron chi connectivity index (χ4n) is 4.06. The number of carbonyl (C=O) groups excluding carboxylic acids is 2. The summed E-state index contributed by atoms with van der Waals surface area (Å²) in [5.41, 5.74) is 4.62. The van der Waals surface area contributed by atoms with Gasteiger partial charge in [0, 0.05) is 48.5 Å². The molecule has 2 amide bonds. The smallest absolute Gasteiger partial charge is 0.251 e. The summed E-state index contributed by atoms with van der Waals surface area (Å²) in [5, 5.41) is 12.4. The van der Waals surface area contributed by atoms with Crippen molar-refractivity contribution in [2.24, 2.45) is 0 Å². The number of rotatable bonds is 6. The molecule has 0 aromatic carbocycles. The number of H-pyrrole nitrogens is 1. The van der Waals surface area contributed by atoms with Gasteiger partial charge >= 0.3 is 0 Å². The van der Waals surface area contributed by atoms with Crippen LogP contribution in [-0.4, -0.2) is 73.9 Å². The van der Waals surface area contributed by atoms with Crippen LogP contribution in [0.15, 0.2) is 55.5 Å². The molecule has 10 nitrogen and oxygen atoms in total. The number of nitrogens with zero attached hydrogens (tertiary/aromatic N) is 5. The van der Waals surface area contributed by atoms with Gasteiger partial charge in [0.15, 0.2) is 6.10 Å². The summed E-state index contributed by atoms with van der Waals surface area (Å²) < 4.78 is 7.14. The third-order valence-corrected chi connectivity index (χ3v) is 5.72. The number of hydrogen-bond donors (Lipinski definition) is 2. The third kappa shape index (κ3) is 4.08.